The number of fused-ring (bicyclic) bond motifs is 2. The van der Waals surface area contributed by atoms with Gasteiger partial charge in [0, 0.05) is 5.56 Å². The SMILES string of the molecule is c1ccc(C2=NOC3(O2)SC(c2ccccc2)(c2ccccc2)c2ccccc23)cc1. The van der Waals surface area contributed by atoms with Crippen LogP contribution in [-0.2, 0) is 19.4 Å². The largest absolute Gasteiger partial charge is 0.417 e. The first-order valence-corrected chi connectivity index (χ1v) is 11.1. The Hall–Kier alpha value is -3.50. The zero-order chi connectivity index (χ0) is 20.7. The van der Waals surface area contributed by atoms with Gasteiger partial charge in [-0.25, -0.2) is 0 Å². The number of rotatable bonds is 3. The minimum absolute atomic E-state index is 0.485. The number of nitrogens with zero attached hydrogens (tertiary/aromatic N) is 1. The summed E-state index contributed by atoms with van der Waals surface area (Å²) in [5, 5.41) is 3.32. The summed E-state index contributed by atoms with van der Waals surface area (Å²) in [6, 6.07) is 39.3. The second-order valence-corrected chi connectivity index (χ2v) is 8.93. The molecular weight excluding hydrogens is 402 g/mol. The molecule has 0 saturated heterocycles. The van der Waals surface area contributed by atoms with E-state index >= 15 is 0 Å². The number of ether oxygens (including phenoxy) is 1. The van der Waals surface area contributed by atoms with Gasteiger partial charge in [-0.2, -0.15) is 0 Å². The van der Waals surface area contributed by atoms with Crippen molar-refractivity contribution in [2.24, 2.45) is 5.16 Å². The van der Waals surface area contributed by atoms with Crippen LogP contribution >= 0.6 is 11.8 Å². The third-order valence-electron chi connectivity index (χ3n) is 5.78. The maximum Gasteiger partial charge on any atom is 0.355 e. The first-order valence-electron chi connectivity index (χ1n) is 10.2. The fourth-order valence-corrected chi connectivity index (χ4v) is 6.09. The van der Waals surface area contributed by atoms with Crippen molar-refractivity contribution in [1.29, 1.82) is 0 Å². The van der Waals surface area contributed by atoms with Crippen molar-refractivity contribution in [1.82, 2.24) is 0 Å². The van der Waals surface area contributed by atoms with Crippen LogP contribution in [-0.4, -0.2) is 5.90 Å². The minimum Gasteiger partial charge on any atom is -0.417 e. The Morgan fingerprint density at radius 1 is 0.581 bits per heavy atom. The molecular formula is C27H19NO2S. The second kappa shape index (κ2) is 7.03. The molecule has 6 rings (SSSR count). The Bertz CT molecular complexity index is 1220. The van der Waals surface area contributed by atoms with Gasteiger partial charge in [0.05, 0.1) is 10.3 Å². The quantitative estimate of drug-likeness (QED) is 0.392. The smallest absolute Gasteiger partial charge is 0.355 e. The van der Waals surface area contributed by atoms with Gasteiger partial charge in [0.25, 0.3) is 5.90 Å². The van der Waals surface area contributed by atoms with Gasteiger partial charge < -0.3 is 9.57 Å². The van der Waals surface area contributed by atoms with Crippen molar-refractivity contribution in [2.45, 2.75) is 9.87 Å². The summed E-state index contributed by atoms with van der Waals surface area (Å²) in [5.41, 5.74) is 5.39. The molecule has 2 aliphatic rings. The molecule has 3 nitrogen and oxygen atoms in total. The molecule has 0 radical (unpaired) electrons. The van der Waals surface area contributed by atoms with Crippen molar-refractivity contribution in [2.75, 3.05) is 0 Å². The van der Waals surface area contributed by atoms with Gasteiger partial charge in [-0.15, -0.1) is 0 Å². The van der Waals surface area contributed by atoms with Crippen LogP contribution in [0.5, 0.6) is 0 Å². The first-order chi connectivity index (χ1) is 15.3. The molecule has 150 valence electrons. The van der Waals surface area contributed by atoms with Crippen molar-refractivity contribution >= 4 is 17.7 Å². The Balaban J connectivity index is 1.54. The highest BCUT2D eigenvalue weighted by atomic mass is 32.2. The van der Waals surface area contributed by atoms with Crippen LogP contribution in [0.15, 0.2) is 120 Å². The fraction of sp³-hybridized carbons (Fsp3) is 0.0741. The maximum absolute atomic E-state index is 6.51. The monoisotopic (exact) mass is 421 g/mol. The van der Waals surface area contributed by atoms with Crippen LogP contribution in [0.1, 0.15) is 27.8 Å². The van der Waals surface area contributed by atoms with Crippen LogP contribution in [0.2, 0.25) is 0 Å². The van der Waals surface area contributed by atoms with E-state index in [1.54, 1.807) is 11.8 Å². The van der Waals surface area contributed by atoms with Gasteiger partial charge in [-0.05, 0) is 51.8 Å². The lowest BCUT2D eigenvalue weighted by molar-refractivity contribution is -0.0843. The average molecular weight is 422 g/mol. The highest BCUT2D eigenvalue weighted by Gasteiger charge is 2.61. The topological polar surface area (TPSA) is 30.8 Å². The molecule has 0 amide bonds. The van der Waals surface area contributed by atoms with Gasteiger partial charge in [0.2, 0.25) is 0 Å². The molecule has 0 aliphatic carbocycles. The lowest BCUT2D eigenvalue weighted by atomic mass is 9.82. The van der Waals surface area contributed by atoms with Crippen LogP contribution in [0, 0.1) is 0 Å². The van der Waals surface area contributed by atoms with Crippen LogP contribution in [0.25, 0.3) is 0 Å². The van der Waals surface area contributed by atoms with Crippen molar-refractivity contribution in [3.63, 3.8) is 0 Å². The number of thioether (sulfide) groups is 1. The van der Waals surface area contributed by atoms with Crippen molar-refractivity contribution in [3.8, 4) is 0 Å². The maximum atomic E-state index is 6.51. The summed E-state index contributed by atoms with van der Waals surface area (Å²) in [6.07, 6.45) is 0. The van der Waals surface area contributed by atoms with Crippen molar-refractivity contribution < 1.29 is 9.57 Å². The highest BCUT2D eigenvalue weighted by molar-refractivity contribution is 8.01. The molecule has 2 heterocycles. The molecule has 4 aromatic carbocycles. The van der Waals surface area contributed by atoms with E-state index < -0.39 is 9.87 Å². The molecule has 1 spiro atoms. The standard InChI is InChI=1S/C27H19NO2S/c1-4-12-20(13-5-1)25-28-30-27(29-25)24-19-11-10-18-23(24)26(31-27,21-14-6-2-7-15-21)22-16-8-3-9-17-22/h1-19H. The number of hydrogen-bond donors (Lipinski definition) is 0. The number of oxime groups is 1. The van der Waals surface area contributed by atoms with E-state index in [1.165, 1.54) is 11.1 Å². The third kappa shape index (κ3) is 2.72. The van der Waals surface area contributed by atoms with Gasteiger partial charge in [-0.1, -0.05) is 97.1 Å². The number of hydrogen-bond acceptors (Lipinski definition) is 4. The van der Waals surface area contributed by atoms with E-state index in [1.807, 2.05) is 48.5 Å². The summed E-state index contributed by atoms with van der Waals surface area (Å²) >= 11 is 1.64. The second-order valence-electron chi connectivity index (χ2n) is 7.57. The van der Waals surface area contributed by atoms with E-state index in [9.17, 15) is 0 Å². The van der Waals surface area contributed by atoms with E-state index in [4.69, 9.17) is 9.57 Å². The first kappa shape index (κ1) is 18.3. The zero-order valence-electron chi connectivity index (χ0n) is 16.6. The predicted octanol–water partition coefficient (Wildman–Crippen LogP) is 6.24. The highest BCUT2D eigenvalue weighted by Crippen LogP contribution is 2.65. The predicted molar refractivity (Wildman–Crippen MR) is 124 cm³/mol. The molecule has 0 aromatic heterocycles. The normalized spacial score (nSPS) is 20.6. The molecule has 4 heteroatoms. The molecule has 0 fully saturated rings. The van der Waals surface area contributed by atoms with Crippen LogP contribution in [0.4, 0.5) is 0 Å². The van der Waals surface area contributed by atoms with Gasteiger partial charge in [0.15, 0.2) is 0 Å². The lowest BCUT2D eigenvalue weighted by Crippen LogP contribution is -2.26. The Morgan fingerprint density at radius 3 is 1.71 bits per heavy atom. The lowest BCUT2D eigenvalue weighted by Gasteiger charge is -2.32. The fourth-order valence-electron chi connectivity index (χ4n) is 4.41. The molecule has 4 aromatic rings. The van der Waals surface area contributed by atoms with E-state index in [2.05, 4.69) is 71.9 Å². The van der Waals surface area contributed by atoms with E-state index in [0.29, 0.717) is 5.90 Å². The summed E-state index contributed by atoms with van der Waals surface area (Å²) < 4.78 is 6.03. The Labute approximate surface area is 185 Å². The average Bonchev–Trinajstić information content (AvgIpc) is 3.42. The van der Waals surface area contributed by atoms with Gasteiger partial charge in [-0.3, -0.25) is 0 Å². The summed E-state index contributed by atoms with van der Waals surface area (Å²) in [4.78, 5) is 6.12. The summed E-state index contributed by atoms with van der Waals surface area (Å²) in [5.74, 6) is 0.500. The Kier molecular flexibility index (Phi) is 4.15. The summed E-state index contributed by atoms with van der Waals surface area (Å²) in [6.45, 7) is 0. The van der Waals surface area contributed by atoms with Crippen molar-refractivity contribution in [3.05, 3.63) is 143 Å². The molecule has 2 aliphatic heterocycles. The van der Waals surface area contributed by atoms with Crippen LogP contribution in [0.3, 0.4) is 0 Å². The van der Waals surface area contributed by atoms with E-state index in [0.717, 1.165) is 16.7 Å². The molecule has 1 atom stereocenters. The third-order valence-corrected chi connectivity index (χ3v) is 7.43. The zero-order valence-corrected chi connectivity index (χ0v) is 17.5. The molecule has 31 heavy (non-hydrogen) atoms. The minimum atomic E-state index is -1.05. The van der Waals surface area contributed by atoms with Gasteiger partial charge >= 0.3 is 5.12 Å². The Morgan fingerprint density at radius 2 is 1.10 bits per heavy atom. The molecule has 0 bridgehead atoms. The van der Waals surface area contributed by atoms with Gasteiger partial charge in [0.1, 0.15) is 0 Å². The molecule has 1 unspecified atom stereocenters. The number of benzene rings is 4. The molecule has 0 saturated carbocycles. The summed E-state index contributed by atoms with van der Waals surface area (Å²) in [7, 11) is 0. The van der Waals surface area contributed by atoms with Crippen LogP contribution < -0.4 is 0 Å². The van der Waals surface area contributed by atoms with E-state index in [-0.39, 0.29) is 0 Å². The molecule has 0 N–H and O–H groups in total.